The van der Waals surface area contributed by atoms with Crippen LogP contribution in [-0.2, 0) is 20.7 Å². The quantitative estimate of drug-likeness (QED) is 0.605. The van der Waals surface area contributed by atoms with Crippen molar-refractivity contribution in [2.45, 2.75) is 31.5 Å². The molecule has 1 aromatic carbocycles. The summed E-state index contributed by atoms with van der Waals surface area (Å²) in [5, 5.41) is 0. The molecule has 0 bridgehead atoms. The Morgan fingerprint density at radius 3 is 2.33 bits per heavy atom. The van der Waals surface area contributed by atoms with E-state index in [0.29, 0.717) is 6.42 Å². The molecular weight excluding hydrogens is 232 g/mol. The van der Waals surface area contributed by atoms with E-state index in [1.807, 2.05) is 31.2 Å². The summed E-state index contributed by atoms with van der Waals surface area (Å²) < 4.78 is 15.5. The van der Waals surface area contributed by atoms with Crippen LogP contribution < -0.4 is 4.74 Å². The first-order valence-corrected chi connectivity index (χ1v) is 5.87. The standard InChI is InChI=1S/C14H18O4/c1-13(14(2,18-13)12(15)17-4)9-10-5-7-11(16-3)8-6-10/h5-8H,9H2,1-4H3. The second kappa shape index (κ2) is 4.28. The number of hydrogen-bond acceptors (Lipinski definition) is 4. The van der Waals surface area contributed by atoms with Crippen LogP contribution in [0.5, 0.6) is 5.75 Å². The lowest BCUT2D eigenvalue weighted by Gasteiger charge is -2.11. The van der Waals surface area contributed by atoms with E-state index in [4.69, 9.17) is 14.2 Å². The van der Waals surface area contributed by atoms with Crippen LogP contribution in [0.25, 0.3) is 0 Å². The van der Waals surface area contributed by atoms with Gasteiger partial charge in [-0.2, -0.15) is 0 Å². The van der Waals surface area contributed by atoms with Gasteiger partial charge in [0, 0.05) is 6.42 Å². The molecule has 4 nitrogen and oxygen atoms in total. The van der Waals surface area contributed by atoms with Crippen LogP contribution >= 0.6 is 0 Å². The van der Waals surface area contributed by atoms with Crippen LogP contribution in [0.3, 0.4) is 0 Å². The van der Waals surface area contributed by atoms with Gasteiger partial charge in [-0.25, -0.2) is 4.79 Å². The van der Waals surface area contributed by atoms with Gasteiger partial charge in [-0.3, -0.25) is 0 Å². The monoisotopic (exact) mass is 250 g/mol. The molecule has 2 atom stereocenters. The summed E-state index contributed by atoms with van der Waals surface area (Å²) in [5.74, 6) is 0.495. The average Bonchev–Trinajstić information content (AvgIpc) is 2.92. The number of rotatable bonds is 4. The molecule has 98 valence electrons. The van der Waals surface area contributed by atoms with E-state index in [1.165, 1.54) is 7.11 Å². The van der Waals surface area contributed by atoms with Crippen LogP contribution in [0.4, 0.5) is 0 Å². The number of ether oxygens (including phenoxy) is 3. The third kappa shape index (κ3) is 1.97. The summed E-state index contributed by atoms with van der Waals surface area (Å²) in [6.07, 6.45) is 0.669. The summed E-state index contributed by atoms with van der Waals surface area (Å²) in [4.78, 5) is 11.6. The second-order valence-corrected chi connectivity index (χ2v) is 4.88. The Bertz CT molecular complexity index is 453. The molecule has 18 heavy (non-hydrogen) atoms. The maximum atomic E-state index is 11.6. The van der Waals surface area contributed by atoms with E-state index >= 15 is 0 Å². The Balaban J connectivity index is 2.08. The fraction of sp³-hybridized carbons (Fsp3) is 0.500. The molecule has 0 aromatic heterocycles. The molecule has 0 spiro atoms. The summed E-state index contributed by atoms with van der Waals surface area (Å²) >= 11 is 0. The number of carbonyl (C=O) groups excluding carboxylic acids is 1. The molecule has 0 N–H and O–H groups in total. The van der Waals surface area contributed by atoms with Gasteiger partial charge in [-0.15, -0.1) is 0 Å². The lowest BCUT2D eigenvalue weighted by Crippen LogP contribution is -2.31. The zero-order chi connectivity index (χ0) is 13.4. The third-order valence-corrected chi connectivity index (χ3v) is 3.67. The number of methoxy groups -OCH3 is 2. The first-order chi connectivity index (χ1) is 8.45. The van der Waals surface area contributed by atoms with Crippen molar-refractivity contribution in [1.29, 1.82) is 0 Å². The van der Waals surface area contributed by atoms with Crippen molar-refractivity contribution in [3.05, 3.63) is 29.8 Å². The number of carbonyl (C=O) groups is 1. The van der Waals surface area contributed by atoms with Crippen molar-refractivity contribution in [3.8, 4) is 5.75 Å². The third-order valence-electron chi connectivity index (χ3n) is 3.67. The second-order valence-electron chi connectivity index (χ2n) is 4.88. The Morgan fingerprint density at radius 2 is 1.83 bits per heavy atom. The van der Waals surface area contributed by atoms with Gasteiger partial charge < -0.3 is 14.2 Å². The lowest BCUT2D eigenvalue weighted by atomic mass is 9.90. The van der Waals surface area contributed by atoms with Crippen molar-refractivity contribution in [2.75, 3.05) is 14.2 Å². The molecule has 1 saturated heterocycles. The summed E-state index contributed by atoms with van der Waals surface area (Å²) in [6.45, 7) is 3.69. The van der Waals surface area contributed by atoms with Crippen molar-refractivity contribution in [1.82, 2.24) is 0 Å². The van der Waals surface area contributed by atoms with Crippen LogP contribution in [-0.4, -0.2) is 31.4 Å². The zero-order valence-electron chi connectivity index (χ0n) is 11.1. The van der Waals surface area contributed by atoms with E-state index in [1.54, 1.807) is 14.0 Å². The Kier molecular flexibility index (Phi) is 3.07. The molecule has 0 amide bonds. The van der Waals surface area contributed by atoms with Crippen LogP contribution in [0, 0.1) is 0 Å². The van der Waals surface area contributed by atoms with E-state index in [9.17, 15) is 4.79 Å². The van der Waals surface area contributed by atoms with E-state index in [-0.39, 0.29) is 5.97 Å². The van der Waals surface area contributed by atoms with Gasteiger partial charge in [0.05, 0.1) is 14.2 Å². The molecule has 2 unspecified atom stereocenters. The smallest absolute Gasteiger partial charge is 0.340 e. The molecule has 2 rings (SSSR count). The van der Waals surface area contributed by atoms with E-state index in [2.05, 4.69) is 0 Å². The molecule has 1 fully saturated rings. The highest BCUT2D eigenvalue weighted by atomic mass is 16.7. The van der Waals surface area contributed by atoms with Crippen molar-refractivity contribution >= 4 is 5.97 Å². The zero-order valence-corrected chi connectivity index (χ0v) is 11.1. The van der Waals surface area contributed by atoms with E-state index in [0.717, 1.165) is 11.3 Å². The summed E-state index contributed by atoms with van der Waals surface area (Å²) in [7, 11) is 3.01. The molecule has 1 aliphatic heterocycles. The molecule has 1 heterocycles. The minimum atomic E-state index is -0.832. The van der Waals surface area contributed by atoms with Gasteiger partial charge in [0.15, 0.2) is 5.60 Å². The van der Waals surface area contributed by atoms with Gasteiger partial charge >= 0.3 is 5.97 Å². The van der Waals surface area contributed by atoms with Crippen molar-refractivity contribution < 1.29 is 19.0 Å². The normalized spacial score (nSPS) is 29.8. The molecule has 1 aliphatic rings. The number of esters is 1. The average molecular weight is 250 g/mol. The molecule has 0 saturated carbocycles. The topological polar surface area (TPSA) is 48.1 Å². The van der Waals surface area contributed by atoms with Crippen LogP contribution in [0.2, 0.25) is 0 Å². The lowest BCUT2D eigenvalue weighted by molar-refractivity contribution is -0.146. The minimum absolute atomic E-state index is 0.321. The molecule has 0 aliphatic carbocycles. The van der Waals surface area contributed by atoms with Gasteiger partial charge in [-0.1, -0.05) is 12.1 Å². The first-order valence-electron chi connectivity index (χ1n) is 5.87. The Hall–Kier alpha value is -1.55. The summed E-state index contributed by atoms with van der Waals surface area (Å²) in [6, 6.07) is 7.75. The predicted molar refractivity (Wildman–Crippen MR) is 66.6 cm³/mol. The van der Waals surface area contributed by atoms with E-state index < -0.39 is 11.2 Å². The minimum Gasteiger partial charge on any atom is -0.497 e. The van der Waals surface area contributed by atoms with Crippen LogP contribution in [0.1, 0.15) is 19.4 Å². The Labute approximate surface area is 107 Å². The largest absolute Gasteiger partial charge is 0.497 e. The first kappa shape index (κ1) is 12.9. The molecular formula is C14H18O4. The predicted octanol–water partition coefficient (Wildman–Crippen LogP) is 1.96. The fourth-order valence-corrected chi connectivity index (χ4v) is 2.21. The highest BCUT2D eigenvalue weighted by molar-refractivity contribution is 5.84. The van der Waals surface area contributed by atoms with Crippen LogP contribution in [0.15, 0.2) is 24.3 Å². The molecule has 4 heteroatoms. The SMILES string of the molecule is COC(=O)C1(C)OC1(C)Cc1ccc(OC)cc1. The van der Waals surface area contributed by atoms with Gasteiger partial charge in [0.2, 0.25) is 0 Å². The number of epoxide rings is 1. The number of benzene rings is 1. The maximum Gasteiger partial charge on any atom is 0.340 e. The van der Waals surface area contributed by atoms with Gasteiger partial charge in [0.25, 0.3) is 0 Å². The van der Waals surface area contributed by atoms with Gasteiger partial charge in [-0.05, 0) is 31.5 Å². The van der Waals surface area contributed by atoms with Gasteiger partial charge in [0.1, 0.15) is 11.4 Å². The summed E-state index contributed by atoms with van der Waals surface area (Å²) in [5.41, 5.74) is -0.220. The highest BCUT2D eigenvalue weighted by Gasteiger charge is 2.69. The van der Waals surface area contributed by atoms with Crippen molar-refractivity contribution in [2.24, 2.45) is 0 Å². The number of hydrogen-bond donors (Lipinski definition) is 0. The molecule has 1 aromatic rings. The highest BCUT2D eigenvalue weighted by Crippen LogP contribution is 2.50. The maximum absolute atomic E-state index is 11.6. The van der Waals surface area contributed by atoms with Crippen molar-refractivity contribution in [3.63, 3.8) is 0 Å². The Morgan fingerprint density at radius 1 is 1.22 bits per heavy atom. The fourth-order valence-electron chi connectivity index (χ4n) is 2.21. The molecule has 0 radical (unpaired) electrons.